The van der Waals surface area contributed by atoms with Gasteiger partial charge in [-0.3, -0.25) is 4.79 Å². The van der Waals surface area contributed by atoms with E-state index in [1.807, 2.05) is 4.90 Å². The van der Waals surface area contributed by atoms with Gasteiger partial charge < -0.3 is 9.64 Å². The van der Waals surface area contributed by atoms with E-state index in [1.165, 1.54) is 6.26 Å². The van der Waals surface area contributed by atoms with Crippen LogP contribution in [0.15, 0.2) is 29.2 Å². The minimum absolute atomic E-state index is 0.114. The zero-order valence-corrected chi connectivity index (χ0v) is 14.3. The largest absolute Gasteiger partial charge is 0.381 e. The Bertz CT molecular complexity index is 675. The zero-order valence-electron chi connectivity index (χ0n) is 13.5. The summed E-state index contributed by atoms with van der Waals surface area (Å²) in [5.74, 6) is 0.114. The fourth-order valence-electron chi connectivity index (χ4n) is 3.53. The second-order valence-corrected chi connectivity index (χ2v) is 8.83. The summed E-state index contributed by atoms with van der Waals surface area (Å²) in [4.78, 5) is 14.8. The first-order valence-electron chi connectivity index (χ1n) is 8.03. The summed E-state index contributed by atoms with van der Waals surface area (Å²) in [6.45, 7) is 3.16. The van der Waals surface area contributed by atoms with E-state index in [-0.39, 0.29) is 16.2 Å². The normalized spacial score (nSPS) is 25.0. The van der Waals surface area contributed by atoms with Crippen LogP contribution in [0.4, 0.5) is 0 Å². The van der Waals surface area contributed by atoms with Crippen molar-refractivity contribution in [1.29, 1.82) is 0 Å². The van der Waals surface area contributed by atoms with E-state index >= 15 is 0 Å². The zero-order chi connectivity index (χ0) is 16.5. The Hall–Kier alpha value is -1.40. The first-order valence-corrected chi connectivity index (χ1v) is 9.92. The Morgan fingerprint density at radius 3 is 2.61 bits per heavy atom. The summed E-state index contributed by atoms with van der Waals surface area (Å²) in [6.07, 6.45) is 4.72. The second kappa shape index (κ2) is 6.24. The van der Waals surface area contributed by atoms with Gasteiger partial charge in [-0.05, 0) is 37.0 Å². The predicted octanol–water partition coefficient (Wildman–Crippen LogP) is 1.66. The summed E-state index contributed by atoms with van der Waals surface area (Å²) < 4.78 is 28.5. The number of benzene rings is 1. The number of hydrogen-bond donors (Lipinski definition) is 0. The Balaban J connectivity index is 1.64. The molecule has 6 heteroatoms. The third-order valence-corrected chi connectivity index (χ3v) is 6.03. The minimum Gasteiger partial charge on any atom is -0.381 e. The highest BCUT2D eigenvalue weighted by Gasteiger charge is 2.40. The van der Waals surface area contributed by atoms with Gasteiger partial charge in [0.25, 0.3) is 0 Å². The van der Waals surface area contributed by atoms with Crippen LogP contribution in [-0.2, 0) is 25.8 Å². The average molecular weight is 337 g/mol. The molecule has 0 N–H and O–H groups in total. The molecule has 2 heterocycles. The fraction of sp³-hybridized carbons (Fsp3) is 0.588. The van der Waals surface area contributed by atoms with Crippen LogP contribution in [-0.4, -0.2) is 51.8 Å². The molecule has 0 aromatic heterocycles. The molecule has 126 valence electrons. The van der Waals surface area contributed by atoms with Crippen LogP contribution in [0.25, 0.3) is 0 Å². The summed E-state index contributed by atoms with van der Waals surface area (Å²) >= 11 is 0. The van der Waals surface area contributed by atoms with Crippen LogP contribution in [0, 0.1) is 5.41 Å². The first-order chi connectivity index (χ1) is 10.9. The molecule has 2 aliphatic rings. The molecule has 0 aliphatic carbocycles. The van der Waals surface area contributed by atoms with Crippen LogP contribution in [0.1, 0.15) is 24.8 Å². The van der Waals surface area contributed by atoms with Gasteiger partial charge in [-0.25, -0.2) is 8.42 Å². The van der Waals surface area contributed by atoms with E-state index in [1.54, 1.807) is 24.3 Å². The molecule has 0 saturated carbocycles. The molecule has 2 fully saturated rings. The molecule has 2 saturated heterocycles. The summed E-state index contributed by atoms with van der Waals surface area (Å²) in [6, 6.07) is 6.60. The molecular formula is C17H23NO4S. The number of carbonyl (C=O) groups is 1. The lowest BCUT2D eigenvalue weighted by atomic mass is 9.79. The molecule has 1 spiro atoms. The number of carbonyl (C=O) groups excluding carboxylic acids is 1. The van der Waals surface area contributed by atoms with E-state index in [9.17, 15) is 13.2 Å². The first kappa shape index (κ1) is 16.5. The molecule has 2 aliphatic heterocycles. The van der Waals surface area contributed by atoms with Crippen LogP contribution in [0.5, 0.6) is 0 Å². The maximum absolute atomic E-state index is 12.6. The van der Waals surface area contributed by atoms with Gasteiger partial charge in [0.05, 0.1) is 17.9 Å². The molecule has 1 atom stereocenters. The Kier molecular flexibility index (Phi) is 4.47. The third kappa shape index (κ3) is 3.75. The Morgan fingerprint density at radius 1 is 1.26 bits per heavy atom. The van der Waals surface area contributed by atoms with Crippen LogP contribution in [0.3, 0.4) is 0 Å². The van der Waals surface area contributed by atoms with E-state index in [4.69, 9.17) is 4.74 Å². The molecule has 23 heavy (non-hydrogen) atoms. The van der Waals surface area contributed by atoms with Crippen molar-refractivity contribution in [3.8, 4) is 0 Å². The van der Waals surface area contributed by atoms with Crippen molar-refractivity contribution < 1.29 is 17.9 Å². The molecular weight excluding hydrogens is 314 g/mol. The Labute approximate surface area is 137 Å². The standard InChI is InChI=1S/C17H23NO4S/c1-23(20,21)15-5-3-14(4-6-15)11-16(19)18-9-2-7-17(12-18)8-10-22-13-17/h3-6H,2,7-13H2,1H3. The lowest BCUT2D eigenvalue weighted by Gasteiger charge is -2.39. The monoisotopic (exact) mass is 337 g/mol. The smallest absolute Gasteiger partial charge is 0.227 e. The average Bonchev–Trinajstić information content (AvgIpc) is 2.94. The third-order valence-electron chi connectivity index (χ3n) is 4.91. The van der Waals surface area contributed by atoms with Crippen LogP contribution >= 0.6 is 0 Å². The van der Waals surface area contributed by atoms with Gasteiger partial charge in [-0.2, -0.15) is 0 Å². The molecule has 1 aromatic carbocycles. The van der Waals surface area contributed by atoms with Crippen molar-refractivity contribution in [1.82, 2.24) is 4.90 Å². The van der Waals surface area contributed by atoms with Gasteiger partial charge in [-0.15, -0.1) is 0 Å². The highest BCUT2D eigenvalue weighted by Crippen LogP contribution is 2.37. The van der Waals surface area contributed by atoms with Gasteiger partial charge in [-0.1, -0.05) is 12.1 Å². The van der Waals surface area contributed by atoms with Crippen molar-refractivity contribution in [3.05, 3.63) is 29.8 Å². The SMILES string of the molecule is CS(=O)(=O)c1ccc(CC(=O)N2CCCC3(CCOC3)C2)cc1. The van der Waals surface area contributed by atoms with Gasteiger partial charge in [0.1, 0.15) is 0 Å². The quantitative estimate of drug-likeness (QED) is 0.841. The molecule has 0 radical (unpaired) electrons. The molecule has 1 unspecified atom stereocenters. The molecule has 3 rings (SSSR count). The molecule has 5 nitrogen and oxygen atoms in total. The number of hydrogen-bond acceptors (Lipinski definition) is 4. The molecule has 1 aromatic rings. The van der Waals surface area contributed by atoms with E-state index in [2.05, 4.69) is 0 Å². The van der Waals surface area contributed by atoms with Gasteiger partial charge in [0.2, 0.25) is 5.91 Å². The van der Waals surface area contributed by atoms with E-state index in [0.29, 0.717) is 6.42 Å². The van der Waals surface area contributed by atoms with E-state index in [0.717, 1.165) is 51.1 Å². The van der Waals surface area contributed by atoms with E-state index < -0.39 is 9.84 Å². The number of ether oxygens (including phenoxy) is 1. The lowest BCUT2D eigenvalue weighted by Crippen LogP contribution is -2.47. The maximum atomic E-state index is 12.6. The molecule has 0 bridgehead atoms. The van der Waals surface area contributed by atoms with Crippen molar-refractivity contribution in [2.24, 2.45) is 5.41 Å². The van der Waals surface area contributed by atoms with Crippen molar-refractivity contribution in [3.63, 3.8) is 0 Å². The lowest BCUT2D eigenvalue weighted by molar-refractivity contribution is -0.134. The Morgan fingerprint density at radius 2 is 2.00 bits per heavy atom. The summed E-state index contributed by atoms with van der Waals surface area (Å²) in [7, 11) is -3.19. The van der Waals surface area contributed by atoms with Gasteiger partial charge in [0, 0.05) is 31.4 Å². The fourth-order valence-corrected chi connectivity index (χ4v) is 4.16. The maximum Gasteiger partial charge on any atom is 0.227 e. The number of nitrogens with zero attached hydrogens (tertiary/aromatic N) is 1. The second-order valence-electron chi connectivity index (χ2n) is 6.81. The highest BCUT2D eigenvalue weighted by molar-refractivity contribution is 7.90. The number of piperidine rings is 1. The van der Waals surface area contributed by atoms with Gasteiger partial charge >= 0.3 is 0 Å². The van der Waals surface area contributed by atoms with Crippen LogP contribution in [0.2, 0.25) is 0 Å². The predicted molar refractivity (Wildman–Crippen MR) is 86.9 cm³/mol. The number of sulfone groups is 1. The highest BCUT2D eigenvalue weighted by atomic mass is 32.2. The number of likely N-dealkylation sites (tertiary alicyclic amines) is 1. The van der Waals surface area contributed by atoms with Crippen molar-refractivity contribution >= 4 is 15.7 Å². The van der Waals surface area contributed by atoms with Gasteiger partial charge in [0.15, 0.2) is 9.84 Å². The minimum atomic E-state index is -3.19. The summed E-state index contributed by atoms with van der Waals surface area (Å²) in [5.41, 5.74) is 1.01. The van der Waals surface area contributed by atoms with Crippen molar-refractivity contribution in [2.45, 2.75) is 30.6 Å². The summed E-state index contributed by atoms with van der Waals surface area (Å²) in [5, 5.41) is 0. The molecule has 1 amide bonds. The number of rotatable bonds is 3. The number of amides is 1. The topological polar surface area (TPSA) is 63.7 Å². The van der Waals surface area contributed by atoms with Crippen LogP contribution < -0.4 is 0 Å². The van der Waals surface area contributed by atoms with Crippen molar-refractivity contribution in [2.75, 3.05) is 32.6 Å².